The molecule has 0 aliphatic carbocycles. The molecule has 0 bridgehead atoms. The lowest BCUT2D eigenvalue weighted by Crippen LogP contribution is -2.31. The fraction of sp³-hybridized carbons (Fsp3) is 0.533. The average molecular weight is 291 g/mol. The van der Waals surface area contributed by atoms with Crippen LogP contribution in [0.4, 0.5) is 0 Å². The Labute approximate surface area is 122 Å². The van der Waals surface area contributed by atoms with Crippen molar-refractivity contribution >= 4 is 21.6 Å². The largest absolute Gasteiger partial charge is 0.330 e. The van der Waals surface area contributed by atoms with Crippen LogP contribution in [0, 0.1) is 5.41 Å². The molecule has 0 spiro atoms. The van der Waals surface area contributed by atoms with Crippen LogP contribution in [0.3, 0.4) is 0 Å². The molecular weight excluding hydrogens is 270 g/mol. The quantitative estimate of drug-likeness (QED) is 0.937. The van der Waals surface area contributed by atoms with Gasteiger partial charge in [0.05, 0.1) is 10.2 Å². The molecule has 1 aliphatic heterocycles. The van der Waals surface area contributed by atoms with Crippen LogP contribution < -0.4 is 10.6 Å². The van der Waals surface area contributed by atoms with Gasteiger partial charge < -0.3 is 10.3 Å². The predicted octanol–water partition coefficient (Wildman–Crippen LogP) is 1.77. The number of likely N-dealkylation sites (tertiary alicyclic amines) is 1. The SMILES string of the molecule is Cn1c(=O)sc2cc(CN3CCC(C)(CN)C3)ccc21. The third-order valence-corrected chi connectivity index (χ3v) is 5.39. The molecule has 1 aromatic carbocycles. The van der Waals surface area contributed by atoms with Gasteiger partial charge in [-0.25, -0.2) is 0 Å². The van der Waals surface area contributed by atoms with E-state index in [1.807, 2.05) is 7.05 Å². The molecular formula is C15H21N3OS. The molecule has 4 nitrogen and oxygen atoms in total. The molecule has 108 valence electrons. The lowest BCUT2D eigenvalue weighted by molar-refractivity contribution is 0.274. The van der Waals surface area contributed by atoms with Crippen molar-refractivity contribution in [3.63, 3.8) is 0 Å². The second kappa shape index (κ2) is 4.98. The molecule has 0 radical (unpaired) electrons. The molecule has 1 aliphatic rings. The monoisotopic (exact) mass is 291 g/mol. The van der Waals surface area contributed by atoms with E-state index in [9.17, 15) is 4.79 Å². The number of aryl methyl sites for hydroxylation is 1. The Hall–Kier alpha value is -1.17. The van der Waals surface area contributed by atoms with E-state index in [0.717, 1.165) is 36.4 Å². The van der Waals surface area contributed by atoms with Crippen molar-refractivity contribution in [3.8, 4) is 0 Å². The van der Waals surface area contributed by atoms with Gasteiger partial charge in [0.15, 0.2) is 0 Å². The van der Waals surface area contributed by atoms with Gasteiger partial charge in [0.2, 0.25) is 0 Å². The normalized spacial score (nSPS) is 23.8. The number of nitrogens with zero attached hydrogens (tertiary/aromatic N) is 2. The lowest BCUT2D eigenvalue weighted by atomic mass is 9.90. The number of aromatic nitrogens is 1. The van der Waals surface area contributed by atoms with Crippen molar-refractivity contribution < 1.29 is 0 Å². The van der Waals surface area contributed by atoms with E-state index in [1.165, 1.54) is 23.3 Å². The molecule has 1 fully saturated rings. The number of rotatable bonds is 3. The molecule has 5 heteroatoms. The first-order chi connectivity index (χ1) is 9.50. The average Bonchev–Trinajstić information content (AvgIpc) is 2.92. The summed E-state index contributed by atoms with van der Waals surface area (Å²) in [5, 5.41) is 0. The van der Waals surface area contributed by atoms with Gasteiger partial charge in [-0.15, -0.1) is 0 Å². The van der Waals surface area contributed by atoms with E-state index in [0.29, 0.717) is 0 Å². The summed E-state index contributed by atoms with van der Waals surface area (Å²) in [6.45, 7) is 6.13. The van der Waals surface area contributed by atoms with Crippen molar-refractivity contribution in [2.24, 2.45) is 18.2 Å². The molecule has 1 unspecified atom stereocenters. The molecule has 3 rings (SSSR count). The summed E-state index contributed by atoms with van der Waals surface area (Å²) >= 11 is 1.32. The van der Waals surface area contributed by atoms with Gasteiger partial charge in [0, 0.05) is 20.1 Å². The highest BCUT2D eigenvalue weighted by Crippen LogP contribution is 2.30. The van der Waals surface area contributed by atoms with E-state index in [2.05, 4.69) is 30.0 Å². The van der Waals surface area contributed by atoms with Crippen molar-refractivity contribution in [3.05, 3.63) is 33.4 Å². The first kappa shape index (κ1) is 13.8. The number of thiazole rings is 1. The molecule has 2 aromatic rings. The number of hydrogen-bond donors (Lipinski definition) is 1. The highest BCUT2D eigenvalue weighted by molar-refractivity contribution is 7.16. The Bertz CT molecular complexity index is 690. The Morgan fingerprint density at radius 2 is 2.25 bits per heavy atom. The van der Waals surface area contributed by atoms with Gasteiger partial charge in [-0.1, -0.05) is 24.3 Å². The smallest absolute Gasteiger partial charge is 0.307 e. The van der Waals surface area contributed by atoms with E-state index >= 15 is 0 Å². The van der Waals surface area contributed by atoms with Crippen LogP contribution in [0.2, 0.25) is 0 Å². The van der Waals surface area contributed by atoms with Crippen LogP contribution in [0.1, 0.15) is 18.9 Å². The van der Waals surface area contributed by atoms with Crippen LogP contribution in [0.25, 0.3) is 10.2 Å². The third-order valence-electron chi connectivity index (χ3n) is 4.39. The van der Waals surface area contributed by atoms with E-state index in [-0.39, 0.29) is 10.3 Å². The number of hydrogen-bond acceptors (Lipinski definition) is 4. The molecule has 1 atom stereocenters. The minimum Gasteiger partial charge on any atom is -0.330 e. The standard InChI is InChI=1S/C15H21N3OS/c1-15(9-16)5-6-18(10-15)8-11-3-4-12-13(7-11)20-14(19)17(12)2/h3-4,7H,5-6,8-10,16H2,1-2H3. The Balaban J connectivity index is 1.80. The lowest BCUT2D eigenvalue weighted by Gasteiger charge is -2.22. The van der Waals surface area contributed by atoms with E-state index < -0.39 is 0 Å². The summed E-state index contributed by atoms with van der Waals surface area (Å²) in [5.74, 6) is 0. The first-order valence-electron chi connectivity index (χ1n) is 7.02. The van der Waals surface area contributed by atoms with Gasteiger partial charge in [-0.05, 0) is 42.6 Å². The van der Waals surface area contributed by atoms with Crippen LogP contribution in [-0.2, 0) is 13.6 Å². The van der Waals surface area contributed by atoms with Crippen LogP contribution >= 0.6 is 11.3 Å². The van der Waals surface area contributed by atoms with Crippen molar-refractivity contribution in [1.82, 2.24) is 9.47 Å². The summed E-state index contributed by atoms with van der Waals surface area (Å²) < 4.78 is 2.79. The van der Waals surface area contributed by atoms with Crippen molar-refractivity contribution in [1.29, 1.82) is 0 Å². The number of fused-ring (bicyclic) bond motifs is 1. The van der Waals surface area contributed by atoms with Gasteiger partial charge in [-0.3, -0.25) is 9.69 Å². The molecule has 2 heterocycles. The zero-order valence-electron chi connectivity index (χ0n) is 12.1. The maximum atomic E-state index is 11.7. The molecule has 1 saturated heterocycles. The third kappa shape index (κ3) is 2.41. The zero-order valence-corrected chi connectivity index (χ0v) is 12.9. The van der Waals surface area contributed by atoms with Crippen LogP contribution in [0.5, 0.6) is 0 Å². The first-order valence-corrected chi connectivity index (χ1v) is 7.83. The van der Waals surface area contributed by atoms with Gasteiger partial charge in [0.1, 0.15) is 0 Å². The molecule has 2 N–H and O–H groups in total. The summed E-state index contributed by atoms with van der Waals surface area (Å²) in [6, 6.07) is 6.34. The van der Waals surface area contributed by atoms with E-state index in [4.69, 9.17) is 5.73 Å². The fourth-order valence-electron chi connectivity index (χ4n) is 2.96. The molecule has 20 heavy (non-hydrogen) atoms. The maximum absolute atomic E-state index is 11.7. The summed E-state index contributed by atoms with van der Waals surface area (Å²) in [4.78, 5) is 14.2. The van der Waals surface area contributed by atoms with E-state index in [1.54, 1.807) is 4.57 Å². The Kier molecular flexibility index (Phi) is 3.44. The zero-order chi connectivity index (χ0) is 14.3. The van der Waals surface area contributed by atoms with Crippen LogP contribution in [-0.4, -0.2) is 29.1 Å². The summed E-state index contributed by atoms with van der Waals surface area (Å²) in [5.41, 5.74) is 8.42. The Morgan fingerprint density at radius 3 is 2.95 bits per heavy atom. The highest BCUT2D eigenvalue weighted by Gasteiger charge is 2.32. The minimum absolute atomic E-state index is 0.106. The van der Waals surface area contributed by atoms with Crippen molar-refractivity contribution in [2.45, 2.75) is 19.9 Å². The summed E-state index contributed by atoms with van der Waals surface area (Å²) in [7, 11) is 1.83. The van der Waals surface area contributed by atoms with Gasteiger partial charge in [0.25, 0.3) is 0 Å². The minimum atomic E-state index is 0.106. The topological polar surface area (TPSA) is 51.3 Å². The predicted molar refractivity (Wildman–Crippen MR) is 84.1 cm³/mol. The molecule has 0 saturated carbocycles. The summed E-state index contributed by atoms with van der Waals surface area (Å²) in [6.07, 6.45) is 1.17. The molecule has 1 aromatic heterocycles. The second-order valence-electron chi connectivity index (χ2n) is 6.20. The van der Waals surface area contributed by atoms with Crippen LogP contribution in [0.15, 0.2) is 23.0 Å². The molecule has 0 amide bonds. The Morgan fingerprint density at radius 1 is 1.45 bits per heavy atom. The highest BCUT2D eigenvalue weighted by atomic mass is 32.1. The van der Waals surface area contributed by atoms with Gasteiger partial charge >= 0.3 is 4.87 Å². The van der Waals surface area contributed by atoms with Gasteiger partial charge in [-0.2, -0.15) is 0 Å². The second-order valence-corrected chi connectivity index (χ2v) is 7.20. The number of benzene rings is 1. The van der Waals surface area contributed by atoms with Crippen molar-refractivity contribution in [2.75, 3.05) is 19.6 Å². The fourth-order valence-corrected chi connectivity index (χ4v) is 3.91. The number of nitrogens with two attached hydrogens (primary N) is 1. The maximum Gasteiger partial charge on any atom is 0.307 e.